The van der Waals surface area contributed by atoms with E-state index in [1.165, 1.54) is 0 Å². The van der Waals surface area contributed by atoms with E-state index in [9.17, 15) is 9.59 Å². The fraction of sp³-hybridized carbons (Fsp3) is 0.833. The van der Waals surface area contributed by atoms with Crippen molar-refractivity contribution in [1.82, 2.24) is 10.6 Å². The van der Waals surface area contributed by atoms with Crippen LogP contribution in [0.25, 0.3) is 0 Å². The van der Waals surface area contributed by atoms with Crippen LogP contribution in [0.1, 0.15) is 25.7 Å². The predicted octanol–water partition coefficient (Wildman–Crippen LogP) is -0.865. The average molecular weight is 255 g/mol. The maximum Gasteiger partial charge on any atom is 0.250 e. The molecule has 2 rings (SSSR count). The van der Waals surface area contributed by atoms with Gasteiger partial charge in [0, 0.05) is 25.0 Å². The monoisotopic (exact) mass is 255 g/mol. The Hall–Kier alpha value is -1.14. The molecule has 0 aromatic heterocycles. The normalized spacial score (nSPS) is 32.8. The molecule has 0 radical (unpaired) electrons. The lowest BCUT2D eigenvalue weighted by Crippen LogP contribution is -2.51. The van der Waals surface area contributed by atoms with Crippen LogP contribution in [0.3, 0.4) is 0 Å². The van der Waals surface area contributed by atoms with Crippen molar-refractivity contribution in [2.45, 2.75) is 37.8 Å². The van der Waals surface area contributed by atoms with Crippen molar-refractivity contribution < 1.29 is 14.3 Å². The fourth-order valence-corrected chi connectivity index (χ4v) is 2.55. The maximum absolute atomic E-state index is 11.9. The highest BCUT2D eigenvalue weighted by Crippen LogP contribution is 2.23. The van der Waals surface area contributed by atoms with E-state index in [4.69, 9.17) is 10.5 Å². The quantitative estimate of drug-likeness (QED) is 0.611. The van der Waals surface area contributed by atoms with Crippen LogP contribution in [0.4, 0.5) is 0 Å². The molecule has 2 fully saturated rings. The van der Waals surface area contributed by atoms with Crippen LogP contribution in [-0.2, 0) is 14.3 Å². The van der Waals surface area contributed by atoms with Crippen LogP contribution >= 0.6 is 0 Å². The Morgan fingerprint density at radius 2 is 1.94 bits per heavy atom. The molecule has 2 aliphatic rings. The molecule has 1 heterocycles. The number of nitrogens with one attached hydrogen (secondary N) is 2. The number of carbonyl (C=O) groups is 2. The highest BCUT2D eigenvalue weighted by atomic mass is 16.5. The zero-order valence-corrected chi connectivity index (χ0v) is 10.5. The number of primary amides is 1. The standard InChI is InChI=1S/C12H21N3O3/c13-11(16)8-1-3-9(4-2-8)15-12(17)10-7-14-5-6-18-10/h8-10,14H,1-7H2,(H2,13,16)(H,15,17). The van der Waals surface area contributed by atoms with Gasteiger partial charge in [0.15, 0.2) is 0 Å². The Bertz CT molecular complexity index is 308. The third-order valence-corrected chi connectivity index (χ3v) is 3.70. The summed E-state index contributed by atoms with van der Waals surface area (Å²) in [4.78, 5) is 23.0. The van der Waals surface area contributed by atoms with Gasteiger partial charge in [0.05, 0.1) is 6.61 Å². The van der Waals surface area contributed by atoms with Gasteiger partial charge in [-0.15, -0.1) is 0 Å². The van der Waals surface area contributed by atoms with Crippen molar-refractivity contribution in [2.75, 3.05) is 19.7 Å². The molecular weight excluding hydrogens is 234 g/mol. The Balaban J connectivity index is 1.73. The number of carbonyl (C=O) groups excluding carboxylic acids is 2. The lowest BCUT2D eigenvalue weighted by molar-refractivity contribution is -0.135. The maximum atomic E-state index is 11.9. The highest BCUT2D eigenvalue weighted by molar-refractivity contribution is 5.81. The number of nitrogens with two attached hydrogens (primary N) is 1. The van der Waals surface area contributed by atoms with Crippen molar-refractivity contribution in [3.05, 3.63) is 0 Å². The molecule has 102 valence electrons. The summed E-state index contributed by atoms with van der Waals surface area (Å²) in [5.41, 5.74) is 5.28. The molecule has 1 aliphatic heterocycles. The Morgan fingerprint density at radius 1 is 1.22 bits per heavy atom. The SMILES string of the molecule is NC(=O)C1CCC(NC(=O)C2CNCCO2)CC1. The third kappa shape index (κ3) is 3.43. The summed E-state index contributed by atoms with van der Waals surface area (Å²) >= 11 is 0. The highest BCUT2D eigenvalue weighted by Gasteiger charge is 2.28. The first-order valence-electron chi connectivity index (χ1n) is 6.59. The van der Waals surface area contributed by atoms with E-state index in [-0.39, 0.29) is 29.9 Å². The minimum atomic E-state index is -0.382. The molecule has 1 saturated heterocycles. The van der Waals surface area contributed by atoms with E-state index in [0.29, 0.717) is 13.2 Å². The van der Waals surface area contributed by atoms with E-state index >= 15 is 0 Å². The number of amides is 2. The Kier molecular flexibility index (Phi) is 4.54. The molecule has 2 amide bonds. The van der Waals surface area contributed by atoms with Crippen LogP contribution in [0, 0.1) is 5.92 Å². The van der Waals surface area contributed by atoms with Gasteiger partial charge in [-0.3, -0.25) is 9.59 Å². The van der Waals surface area contributed by atoms with E-state index < -0.39 is 0 Å². The number of hydrogen-bond acceptors (Lipinski definition) is 4. The number of morpholine rings is 1. The van der Waals surface area contributed by atoms with Gasteiger partial charge in [-0.05, 0) is 25.7 Å². The van der Waals surface area contributed by atoms with Gasteiger partial charge in [-0.25, -0.2) is 0 Å². The van der Waals surface area contributed by atoms with E-state index in [0.717, 1.165) is 32.2 Å². The predicted molar refractivity (Wildman–Crippen MR) is 65.7 cm³/mol. The van der Waals surface area contributed by atoms with Gasteiger partial charge in [0.2, 0.25) is 5.91 Å². The second-order valence-corrected chi connectivity index (χ2v) is 5.02. The summed E-state index contributed by atoms with van der Waals surface area (Å²) in [5.74, 6) is -0.296. The number of ether oxygens (including phenoxy) is 1. The molecule has 1 atom stereocenters. The van der Waals surface area contributed by atoms with Crippen molar-refractivity contribution in [3.8, 4) is 0 Å². The first kappa shape index (κ1) is 13.3. The second kappa shape index (κ2) is 6.15. The summed E-state index contributed by atoms with van der Waals surface area (Å²) in [6.07, 6.45) is 2.79. The van der Waals surface area contributed by atoms with Crippen LogP contribution in [0.5, 0.6) is 0 Å². The Labute approximate surface area is 107 Å². The topological polar surface area (TPSA) is 93.5 Å². The molecule has 6 nitrogen and oxygen atoms in total. The second-order valence-electron chi connectivity index (χ2n) is 5.02. The molecule has 1 unspecified atom stereocenters. The zero-order valence-electron chi connectivity index (χ0n) is 10.5. The first-order valence-corrected chi connectivity index (χ1v) is 6.59. The van der Waals surface area contributed by atoms with Gasteiger partial charge in [-0.2, -0.15) is 0 Å². The first-order chi connectivity index (χ1) is 8.66. The molecule has 0 aromatic carbocycles. The number of hydrogen-bond donors (Lipinski definition) is 3. The third-order valence-electron chi connectivity index (χ3n) is 3.70. The van der Waals surface area contributed by atoms with Gasteiger partial charge >= 0.3 is 0 Å². The van der Waals surface area contributed by atoms with Crippen LogP contribution in [0.15, 0.2) is 0 Å². The molecule has 4 N–H and O–H groups in total. The average Bonchev–Trinajstić information content (AvgIpc) is 2.40. The van der Waals surface area contributed by atoms with Crippen molar-refractivity contribution in [1.29, 1.82) is 0 Å². The summed E-state index contributed by atoms with van der Waals surface area (Å²) < 4.78 is 5.39. The van der Waals surface area contributed by atoms with Gasteiger partial charge in [0.25, 0.3) is 5.91 Å². The van der Waals surface area contributed by atoms with Crippen LogP contribution in [-0.4, -0.2) is 43.7 Å². The molecule has 0 aromatic rings. The molecule has 0 spiro atoms. The Morgan fingerprint density at radius 3 is 2.50 bits per heavy atom. The minimum absolute atomic E-state index is 0.0225. The van der Waals surface area contributed by atoms with E-state index in [1.807, 2.05) is 0 Å². The largest absolute Gasteiger partial charge is 0.369 e. The van der Waals surface area contributed by atoms with Crippen LogP contribution < -0.4 is 16.4 Å². The lowest BCUT2D eigenvalue weighted by atomic mass is 9.85. The summed E-state index contributed by atoms with van der Waals surface area (Å²) in [5, 5.41) is 6.12. The number of rotatable bonds is 3. The molecule has 18 heavy (non-hydrogen) atoms. The zero-order chi connectivity index (χ0) is 13.0. The molecule has 1 saturated carbocycles. The lowest BCUT2D eigenvalue weighted by Gasteiger charge is -2.30. The van der Waals surface area contributed by atoms with Crippen molar-refractivity contribution in [3.63, 3.8) is 0 Å². The van der Waals surface area contributed by atoms with Crippen molar-refractivity contribution >= 4 is 11.8 Å². The molecule has 0 bridgehead atoms. The van der Waals surface area contributed by atoms with Gasteiger partial charge < -0.3 is 21.1 Å². The van der Waals surface area contributed by atoms with Crippen molar-refractivity contribution in [2.24, 2.45) is 11.7 Å². The van der Waals surface area contributed by atoms with Crippen LogP contribution in [0.2, 0.25) is 0 Å². The van der Waals surface area contributed by atoms with E-state index in [1.54, 1.807) is 0 Å². The summed E-state index contributed by atoms with van der Waals surface area (Å²) in [6.45, 7) is 1.95. The minimum Gasteiger partial charge on any atom is -0.369 e. The van der Waals surface area contributed by atoms with E-state index in [2.05, 4.69) is 10.6 Å². The summed E-state index contributed by atoms with van der Waals surface area (Å²) in [6, 6.07) is 0.152. The molecular formula is C12H21N3O3. The van der Waals surface area contributed by atoms with Gasteiger partial charge in [-0.1, -0.05) is 0 Å². The molecule has 6 heteroatoms. The summed E-state index contributed by atoms with van der Waals surface area (Å²) in [7, 11) is 0. The van der Waals surface area contributed by atoms with Gasteiger partial charge in [0.1, 0.15) is 6.10 Å². The molecule has 1 aliphatic carbocycles. The fourth-order valence-electron chi connectivity index (χ4n) is 2.55. The smallest absolute Gasteiger partial charge is 0.250 e.